The summed E-state index contributed by atoms with van der Waals surface area (Å²) in [5, 5.41) is 14.4. The molecule has 6 heteroatoms. The zero-order valence-corrected chi connectivity index (χ0v) is 12.0. The fraction of sp³-hybridized carbons (Fsp3) is 0.462. The highest BCUT2D eigenvalue weighted by Gasteiger charge is 2.21. The standard InChI is InChI=1S/C13H19NO4S/c1-3-5-9-10(6-4-2)12(19(14,17)18)8-7-11(9)13(15)16/h7-8H,3-6H2,1-2H3,(H,15,16)(H2,14,17,18). The first kappa shape index (κ1) is 15.7. The molecule has 1 rings (SSSR count). The summed E-state index contributed by atoms with van der Waals surface area (Å²) in [6.07, 6.45) is 2.50. The molecular weight excluding hydrogens is 266 g/mol. The molecule has 0 unspecified atom stereocenters. The van der Waals surface area contributed by atoms with E-state index < -0.39 is 16.0 Å². The average Bonchev–Trinajstić information content (AvgIpc) is 2.29. The molecule has 0 aromatic heterocycles. The molecule has 19 heavy (non-hydrogen) atoms. The number of nitrogens with two attached hydrogens (primary N) is 1. The molecule has 0 bridgehead atoms. The maximum absolute atomic E-state index is 11.6. The Balaban J connectivity index is 3.62. The highest BCUT2D eigenvalue weighted by molar-refractivity contribution is 7.89. The van der Waals surface area contributed by atoms with Crippen LogP contribution in [0.2, 0.25) is 0 Å². The van der Waals surface area contributed by atoms with Crippen molar-refractivity contribution in [2.75, 3.05) is 0 Å². The van der Waals surface area contributed by atoms with Gasteiger partial charge in [-0.15, -0.1) is 0 Å². The second-order valence-electron chi connectivity index (χ2n) is 4.42. The molecule has 0 aliphatic heterocycles. The van der Waals surface area contributed by atoms with Crippen molar-refractivity contribution in [1.82, 2.24) is 0 Å². The quantitative estimate of drug-likeness (QED) is 0.834. The molecule has 0 saturated heterocycles. The molecule has 1 aromatic rings. The van der Waals surface area contributed by atoms with E-state index in [0.29, 0.717) is 24.0 Å². The van der Waals surface area contributed by atoms with E-state index in [9.17, 15) is 18.3 Å². The number of primary sulfonamides is 1. The predicted molar refractivity (Wildman–Crippen MR) is 72.8 cm³/mol. The van der Waals surface area contributed by atoms with E-state index in [1.165, 1.54) is 12.1 Å². The van der Waals surface area contributed by atoms with E-state index in [2.05, 4.69) is 0 Å². The van der Waals surface area contributed by atoms with Crippen molar-refractivity contribution in [2.24, 2.45) is 5.14 Å². The molecule has 0 spiro atoms. The van der Waals surface area contributed by atoms with Gasteiger partial charge >= 0.3 is 5.97 Å². The fourth-order valence-electron chi connectivity index (χ4n) is 2.20. The van der Waals surface area contributed by atoms with Gasteiger partial charge in [-0.1, -0.05) is 26.7 Å². The second kappa shape index (κ2) is 6.16. The Hall–Kier alpha value is -1.40. The van der Waals surface area contributed by atoms with E-state index in [0.717, 1.165) is 12.8 Å². The Kier molecular flexibility index (Phi) is 5.08. The Morgan fingerprint density at radius 2 is 1.68 bits per heavy atom. The van der Waals surface area contributed by atoms with Gasteiger partial charge < -0.3 is 5.11 Å². The summed E-state index contributed by atoms with van der Waals surface area (Å²) < 4.78 is 23.2. The van der Waals surface area contributed by atoms with Gasteiger partial charge in [-0.3, -0.25) is 0 Å². The van der Waals surface area contributed by atoms with Gasteiger partial charge in [0.25, 0.3) is 0 Å². The van der Waals surface area contributed by atoms with Gasteiger partial charge in [0.05, 0.1) is 10.5 Å². The highest BCUT2D eigenvalue weighted by atomic mass is 32.2. The number of carboxylic acids is 1. The molecule has 3 N–H and O–H groups in total. The van der Waals surface area contributed by atoms with E-state index in [4.69, 9.17) is 5.14 Å². The summed E-state index contributed by atoms with van der Waals surface area (Å²) in [5.41, 5.74) is 1.30. The summed E-state index contributed by atoms with van der Waals surface area (Å²) in [4.78, 5) is 11.3. The van der Waals surface area contributed by atoms with Gasteiger partial charge in [0, 0.05) is 0 Å². The van der Waals surface area contributed by atoms with Crippen LogP contribution < -0.4 is 5.14 Å². The number of carbonyl (C=O) groups is 1. The lowest BCUT2D eigenvalue weighted by Crippen LogP contribution is -2.18. The lowest BCUT2D eigenvalue weighted by Gasteiger charge is -2.15. The maximum atomic E-state index is 11.6. The molecule has 1 aromatic carbocycles. The van der Waals surface area contributed by atoms with Gasteiger partial charge in [-0.25, -0.2) is 18.4 Å². The minimum Gasteiger partial charge on any atom is -0.478 e. The molecular formula is C13H19NO4S. The van der Waals surface area contributed by atoms with E-state index >= 15 is 0 Å². The average molecular weight is 285 g/mol. The van der Waals surface area contributed by atoms with Crippen LogP contribution in [0.5, 0.6) is 0 Å². The normalized spacial score (nSPS) is 11.5. The number of sulfonamides is 1. The molecule has 0 amide bonds. The van der Waals surface area contributed by atoms with Crippen LogP contribution in [-0.2, 0) is 22.9 Å². The van der Waals surface area contributed by atoms with Crippen LogP contribution >= 0.6 is 0 Å². The fourth-order valence-corrected chi connectivity index (χ4v) is 3.02. The Morgan fingerprint density at radius 3 is 2.11 bits per heavy atom. The van der Waals surface area contributed by atoms with Crippen molar-refractivity contribution in [1.29, 1.82) is 0 Å². The zero-order chi connectivity index (χ0) is 14.6. The van der Waals surface area contributed by atoms with Crippen molar-refractivity contribution >= 4 is 16.0 Å². The number of carboxylic acid groups (broad SMARTS) is 1. The third kappa shape index (κ3) is 3.54. The molecule has 0 aliphatic rings. The molecule has 5 nitrogen and oxygen atoms in total. The zero-order valence-electron chi connectivity index (χ0n) is 11.1. The molecule has 0 aliphatic carbocycles. The number of hydrogen-bond donors (Lipinski definition) is 2. The summed E-state index contributed by atoms with van der Waals surface area (Å²) in [5.74, 6) is -1.04. The maximum Gasteiger partial charge on any atom is 0.335 e. The van der Waals surface area contributed by atoms with Crippen LogP contribution in [0, 0.1) is 0 Å². The van der Waals surface area contributed by atoms with Crippen molar-refractivity contribution in [2.45, 2.75) is 44.4 Å². The largest absolute Gasteiger partial charge is 0.478 e. The van der Waals surface area contributed by atoms with Gasteiger partial charge in [0.2, 0.25) is 10.0 Å². The summed E-state index contributed by atoms with van der Waals surface area (Å²) in [6, 6.07) is 2.62. The summed E-state index contributed by atoms with van der Waals surface area (Å²) >= 11 is 0. The molecule has 0 atom stereocenters. The van der Waals surface area contributed by atoms with Crippen LogP contribution in [0.3, 0.4) is 0 Å². The first-order chi connectivity index (χ1) is 8.82. The van der Waals surface area contributed by atoms with Gasteiger partial charge in [0.1, 0.15) is 0 Å². The third-order valence-corrected chi connectivity index (χ3v) is 3.92. The molecule has 106 valence electrons. The van der Waals surface area contributed by atoms with Gasteiger partial charge in [-0.05, 0) is 36.1 Å². The summed E-state index contributed by atoms with van der Waals surface area (Å²) in [7, 11) is -3.83. The Morgan fingerprint density at radius 1 is 1.16 bits per heavy atom. The van der Waals surface area contributed by atoms with Crippen LogP contribution in [0.1, 0.15) is 48.2 Å². The van der Waals surface area contributed by atoms with E-state index in [-0.39, 0.29) is 10.5 Å². The third-order valence-electron chi connectivity index (χ3n) is 2.93. The van der Waals surface area contributed by atoms with E-state index in [1.807, 2.05) is 13.8 Å². The van der Waals surface area contributed by atoms with Crippen molar-refractivity contribution < 1.29 is 18.3 Å². The van der Waals surface area contributed by atoms with Crippen molar-refractivity contribution in [3.8, 4) is 0 Å². The number of benzene rings is 1. The lowest BCUT2D eigenvalue weighted by molar-refractivity contribution is 0.0695. The highest BCUT2D eigenvalue weighted by Crippen LogP contribution is 2.25. The van der Waals surface area contributed by atoms with Crippen molar-refractivity contribution in [3.05, 3.63) is 28.8 Å². The smallest absolute Gasteiger partial charge is 0.335 e. The van der Waals surface area contributed by atoms with Crippen LogP contribution in [0.25, 0.3) is 0 Å². The number of hydrogen-bond acceptors (Lipinski definition) is 3. The topological polar surface area (TPSA) is 97.5 Å². The monoisotopic (exact) mass is 285 g/mol. The summed E-state index contributed by atoms with van der Waals surface area (Å²) in [6.45, 7) is 3.83. The first-order valence-corrected chi connectivity index (χ1v) is 7.78. The molecule has 0 radical (unpaired) electrons. The molecule has 0 heterocycles. The van der Waals surface area contributed by atoms with E-state index in [1.54, 1.807) is 0 Å². The van der Waals surface area contributed by atoms with Gasteiger partial charge in [0.15, 0.2) is 0 Å². The second-order valence-corrected chi connectivity index (χ2v) is 5.95. The lowest BCUT2D eigenvalue weighted by atomic mass is 9.94. The Labute approximate surface area is 113 Å². The number of aromatic carboxylic acids is 1. The van der Waals surface area contributed by atoms with Crippen LogP contribution in [-0.4, -0.2) is 19.5 Å². The minimum atomic E-state index is -3.83. The van der Waals surface area contributed by atoms with Gasteiger partial charge in [-0.2, -0.15) is 0 Å². The minimum absolute atomic E-state index is 0.0443. The first-order valence-electron chi connectivity index (χ1n) is 6.23. The SMILES string of the molecule is CCCc1c(C(=O)O)ccc(S(N)(=O)=O)c1CCC. The van der Waals surface area contributed by atoms with Crippen molar-refractivity contribution in [3.63, 3.8) is 0 Å². The molecule has 0 saturated carbocycles. The van der Waals surface area contributed by atoms with Crippen LogP contribution in [0.4, 0.5) is 0 Å². The predicted octanol–water partition coefficient (Wildman–Crippen LogP) is 1.94. The number of rotatable bonds is 6. The molecule has 0 fully saturated rings. The van der Waals surface area contributed by atoms with Crippen LogP contribution in [0.15, 0.2) is 17.0 Å². The Bertz CT molecular complexity index is 579.